The quantitative estimate of drug-likeness (QED) is 0.733. The Balaban J connectivity index is 1.93. The number of hydrogen-bond donors (Lipinski definition) is 1. The predicted molar refractivity (Wildman–Crippen MR) is 99.3 cm³/mol. The van der Waals surface area contributed by atoms with E-state index in [2.05, 4.69) is 48.6 Å². The van der Waals surface area contributed by atoms with Gasteiger partial charge in [0.1, 0.15) is 0 Å². The first-order valence-electron chi connectivity index (χ1n) is 7.92. The van der Waals surface area contributed by atoms with Gasteiger partial charge in [0, 0.05) is 16.1 Å². The summed E-state index contributed by atoms with van der Waals surface area (Å²) in [6.45, 7) is 2.06. The minimum atomic E-state index is -0.758. The van der Waals surface area contributed by atoms with Crippen molar-refractivity contribution in [2.75, 3.05) is 5.32 Å². The van der Waals surface area contributed by atoms with Crippen molar-refractivity contribution < 1.29 is 4.79 Å². The molecule has 3 aromatic rings. The van der Waals surface area contributed by atoms with E-state index in [9.17, 15) is 4.79 Å². The standard InChI is InChI=1S/C21H17NOS/c1-15-11-13-16(14-12-15)21(24-17-7-3-2-4-8-17)18-9-5-6-10-19(18)22-20(21)23/h2-14H,1H3,(H,22,23)/t21-/m1/s1. The fourth-order valence-electron chi connectivity index (χ4n) is 3.13. The van der Waals surface area contributed by atoms with E-state index in [4.69, 9.17) is 0 Å². The number of rotatable bonds is 3. The second-order valence-corrected chi connectivity index (χ2v) is 7.25. The molecule has 0 aromatic heterocycles. The Bertz CT molecular complexity index is 889. The zero-order valence-electron chi connectivity index (χ0n) is 13.3. The van der Waals surface area contributed by atoms with Crippen LogP contribution in [0.3, 0.4) is 0 Å². The van der Waals surface area contributed by atoms with Gasteiger partial charge in [-0.15, -0.1) is 0 Å². The van der Waals surface area contributed by atoms with Gasteiger partial charge in [-0.1, -0.05) is 78.0 Å². The molecule has 1 amide bonds. The molecule has 0 radical (unpaired) electrons. The Morgan fingerprint density at radius 3 is 2.25 bits per heavy atom. The zero-order valence-corrected chi connectivity index (χ0v) is 14.1. The third kappa shape index (κ3) is 2.33. The van der Waals surface area contributed by atoms with Gasteiger partial charge in [0.05, 0.1) is 0 Å². The minimum absolute atomic E-state index is 0.0152. The van der Waals surface area contributed by atoms with Crippen molar-refractivity contribution in [3.05, 3.63) is 95.6 Å². The lowest BCUT2D eigenvalue weighted by atomic mass is 9.91. The van der Waals surface area contributed by atoms with Crippen molar-refractivity contribution in [3.8, 4) is 0 Å². The van der Waals surface area contributed by atoms with E-state index in [1.54, 1.807) is 11.8 Å². The van der Waals surface area contributed by atoms with Crippen LogP contribution in [-0.4, -0.2) is 5.91 Å². The number of carbonyl (C=O) groups is 1. The van der Waals surface area contributed by atoms with Gasteiger partial charge < -0.3 is 5.32 Å². The highest BCUT2D eigenvalue weighted by atomic mass is 32.2. The molecule has 0 saturated heterocycles. The Hall–Kier alpha value is -2.52. The smallest absolute Gasteiger partial charge is 0.250 e. The van der Waals surface area contributed by atoms with Gasteiger partial charge in [-0.05, 0) is 30.7 Å². The SMILES string of the molecule is Cc1ccc([C@]2(Sc3ccccc3)C(=O)Nc3ccccc32)cc1. The molecule has 1 aliphatic rings. The van der Waals surface area contributed by atoms with Gasteiger partial charge in [-0.3, -0.25) is 4.79 Å². The molecular weight excluding hydrogens is 314 g/mol. The van der Waals surface area contributed by atoms with E-state index in [1.165, 1.54) is 5.56 Å². The van der Waals surface area contributed by atoms with Crippen LogP contribution in [0.1, 0.15) is 16.7 Å². The van der Waals surface area contributed by atoms with Gasteiger partial charge in [0.2, 0.25) is 5.91 Å². The third-order valence-corrected chi connectivity index (χ3v) is 5.80. The van der Waals surface area contributed by atoms with Crippen LogP contribution >= 0.6 is 11.8 Å². The number of anilines is 1. The topological polar surface area (TPSA) is 29.1 Å². The fraction of sp³-hybridized carbons (Fsp3) is 0.0952. The molecule has 1 heterocycles. The summed E-state index contributed by atoms with van der Waals surface area (Å²) in [5.41, 5.74) is 4.11. The first kappa shape index (κ1) is 15.0. The number of para-hydroxylation sites is 1. The van der Waals surface area contributed by atoms with Gasteiger partial charge in [0.15, 0.2) is 4.75 Å². The minimum Gasteiger partial charge on any atom is -0.324 e. The first-order chi connectivity index (χ1) is 11.7. The van der Waals surface area contributed by atoms with Crippen LogP contribution in [0.2, 0.25) is 0 Å². The molecule has 0 saturated carbocycles. The third-order valence-electron chi connectivity index (χ3n) is 4.35. The molecule has 118 valence electrons. The molecule has 2 nitrogen and oxygen atoms in total. The molecule has 1 aliphatic heterocycles. The molecule has 1 N–H and O–H groups in total. The summed E-state index contributed by atoms with van der Waals surface area (Å²) in [4.78, 5) is 14.2. The molecule has 4 rings (SSSR count). The van der Waals surface area contributed by atoms with Crippen molar-refractivity contribution in [1.82, 2.24) is 0 Å². The van der Waals surface area contributed by atoms with Crippen LogP contribution in [0.4, 0.5) is 5.69 Å². The van der Waals surface area contributed by atoms with Gasteiger partial charge >= 0.3 is 0 Å². The zero-order chi connectivity index (χ0) is 16.6. The summed E-state index contributed by atoms with van der Waals surface area (Å²) in [6.07, 6.45) is 0. The lowest BCUT2D eigenvalue weighted by molar-refractivity contribution is -0.117. The summed E-state index contributed by atoms with van der Waals surface area (Å²) in [6, 6.07) is 26.3. The van der Waals surface area contributed by atoms with Gasteiger partial charge in [0.25, 0.3) is 0 Å². The monoisotopic (exact) mass is 331 g/mol. The van der Waals surface area contributed by atoms with Crippen LogP contribution < -0.4 is 5.32 Å². The Morgan fingerprint density at radius 1 is 0.833 bits per heavy atom. The molecule has 0 bridgehead atoms. The van der Waals surface area contributed by atoms with Crippen LogP contribution in [-0.2, 0) is 9.54 Å². The molecule has 0 fully saturated rings. The largest absolute Gasteiger partial charge is 0.324 e. The van der Waals surface area contributed by atoms with E-state index in [-0.39, 0.29) is 5.91 Å². The van der Waals surface area contributed by atoms with Crippen LogP contribution in [0.5, 0.6) is 0 Å². The van der Waals surface area contributed by atoms with E-state index in [0.29, 0.717) is 0 Å². The highest BCUT2D eigenvalue weighted by Gasteiger charge is 2.49. The predicted octanol–water partition coefficient (Wildman–Crippen LogP) is 4.98. The number of carbonyl (C=O) groups excluding carboxylic acids is 1. The summed E-state index contributed by atoms with van der Waals surface area (Å²) in [5.74, 6) is 0.0152. The van der Waals surface area contributed by atoms with Crippen molar-refractivity contribution in [2.45, 2.75) is 16.6 Å². The van der Waals surface area contributed by atoms with Crippen molar-refractivity contribution >= 4 is 23.4 Å². The van der Waals surface area contributed by atoms with Crippen LogP contribution in [0, 0.1) is 6.92 Å². The molecule has 24 heavy (non-hydrogen) atoms. The summed E-state index contributed by atoms with van der Waals surface area (Å²) in [5, 5.41) is 3.06. The highest BCUT2D eigenvalue weighted by molar-refractivity contribution is 8.01. The summed E-state index contributed by atoms with van der Waals surface area (Å²) >= 11 is 1.60. The van der Waals surface area contributed by atoms with Crippen molar-refractivity contribution in [3.63, 3.8) is 0 Å². The molecular formula is C21H17NOS. The normalized spacial score (nSPS) is 19.0. The lowest BCUT2D eigenvalue weighted by Gasteiger charge is -2.27. The first-order valence-corrected chi connectivity index (χ1v) is 8.74. The average molecular weight is 331 g/mol. The second kappa shape index (κ2) is 5.84. The van der Waals surface area contributed by atoms with E-state index in [0.717, 1.165) is 21.7 Å². The van der Waals surface area contributed by atoms with E-state index < -0.39 is 4.75 Å². The fourth-order valence-corrected chi connectivity index (χ4v) is 4.46. The summed E-state index contributed by atoms with van der Waals surface area (Å²) < 4.78 is -0.758. The van der Waals surface area contributed by atoms with Gasteiger partial charge in [-0.25, -0.2) is 0 Å². The maximum atomic E-state index is 13.1. The lowest BCUT2D eigenvalue weighted by Crippen LogP contribution is -2.32. The summed E-state index contributed by atoms with van der Waals surface area (Å²) in [7, 11) is 0. The van der Waals surface area contributed by atoms with Crippen molar-refractivity contribution in [1.29, 1.82) is 0 Å². The number of benzene rings is 3. The molecule has 3 heteroatoms. The Labute approximate surface area is 145 Å². The number of nitrogens with one attached hydrogen (secondary N) is 1. The number of aryl methyl sites for hydroxylation is 1. The molecule has 1 atom stereocenters. The number of hydrogen-bond acceptors (Lipinski definition) is 2. The van der Waals surface area contributed by atoms with Crippen LogP contribution in [0.25, 0.3) is 0 Å². The molecule has 0 aliphatic carbocycles. The average Bonchev–Trinajstić information content (AvgIpc) is 2.89. The van der Waals surface area contributed by atoms with Crippen LogP contribution in [0.15, 0.2) is 83.8 Å². The maximum Gasteiger partial charge on any atom is 0.250 e. The Kier molecular flexibility index (Phi) is 3.66. The maximum absolute atomic E-state index is 13.1. The molecule has 0 unspecified atom stereocenters. The Morgan fingerprint density at radius 2 is 1.50 bits per heavy atom. The number of fused-ring (bicyclic) bond motifs is 1. The van der Waals surface area contributed by atoms with Crippen molar-refractivity contribution in [2.24, 2.45) is 0 Å². The molecule has 3 aromatic carbocycles. The number of thioether (sulfide) groups is 1. The van der Waals surface area contributed by atoms with E-state index in [1.807, 2.05) is 42.5 Å². The van der Waals surface area contributed by atoms with E-state index >= 15 is 0 Å². The highest BCUT2D eigenvalue weighted by Crippen LogP contribution is 2.53. The number of amides is 1. The second-order valence-electron chi connectivity index (χ2n) is 5.96. The molecule has 0 spiro atoms. The van der Waals surface area contributed by atoms with Gasteiger partial charge in [-0.2, -0.15) is 0 Å².